The van der Waals surface area contributed by atoms with Gasteiger partial charge in [0.2, 0.25) is 5.91 Å². The molecule has 0 unspecified atom stereocenters. The lowest BCUT2D eigenvalue weighted by atomic mass is 10.4. The van der Waals surface area contributed by atoms with E-state index in [1.54, 1.807) is 11.8 Å². The lowest BCUT2D eigenvalue weighted by Crippen LogP contribution is -2.37. The van der Waals surface area contributed by atoms with Gasteiger partial charge in [-0.05, 0) is 6.26 Å². The van der Waals surface area contributed by atoms with Gasteiger partial charge in [-0.1, -0.05) is 13.8 Å². The SMILES string of the molecule is CSCCNC(=O)CNC(C)C. The molecule has 0 saturated carbocycles. The number of hydrogen-bond donors (Lipinski definition) is 2. The second kappa shape index (κ2) is 7.43. The van der Waals surface area contributed by atoms with E-state index in [1.807, 2.05) is 20.1 Å². The van der Waals surface area contributed by atoms with E-state index in [9.17, 15) is 4.79 Å². The molecule has 0 radical (unpaired) electrons. The third kappa shape index (κ3) is 7.88. The monoisotopic (exact) mass is 190 g/mol. The molecule has 0 bridgehead atoms. The van der Waals surface area contributed by atoms with Crippen LogP contribution in [-0.4, -0.2) is 37.0 Å². The van der Waals surface area contributed by atoms with Crippen molar-refractivity contribution in [2.24, 2.45) is 0 Å². The molecule has 0 heterocycles. The lowest BCUT2D eigenvalue weighted by molar-refractivity contribution is -0.120. The fraction of sp³-hybridized carbons (Fsp3) is 0.875. The molecule has 0 saturated heterocycles. The molecule has 0 aromatic rings. The molecular weight excluding hydrogens is 172 g/mol. The van der Waals surface area contributed by atoms with E-state index >= 15 is 0 Å². The predicted octanol–water partition coefficient (Wildman–Crippen LogP) is 0.464. The van der Waals surface area contributed by atoms with Crippen LogP contribution in [0.2, 0.25) is 0 Å². The van der Waals surface area contributed by atoms with Crippen LogP contribution in [0.15, 0.2) is 0 Å². The summed E-state index contributed by atoms with van der Waals surface area (Å²) in [5, 5.41) is 5.87. The Hall–Kier alpha value is -0.220. The number of carbonyl (C=O) groups is 1. The average Bonchev–Trinajstić information content (AvgIpc) is 2.01. The topological polar surface area (TPSA) is 41.1 Å². The quantitative estimate of drug-likeness (QED) is 0.598. The van der Waals surface area contributed by atoms with Gasteiger partial charge in [-0.15, -0.1) is 0 Å². The van der Waals surface area contributed by atoms with Crippen molar-refractivity contribution in [1.29, 1.82) is 0 Å². The first-order chi connectivity index (χ1) is 5.66. The van der Waals surface area contributed by atoms with Crippen LogP contribution in [0.3, 0.4) is 0 Å². The molecule has 0 fully saturated rings. The van der Waals surface area contributed by atoms with E-state index in [1.165, 1.54) is 0 Å². The summed E-state index contributed by atoms with van der Waals surface area (Å²) in [5.41, 5.74) is 0. The second-order valence-electron chi connectivity index (χ2n) is 2.88. The zero-order valence-electron chi connectivity index (χ0n) is 8.02. The van der Waals surface area contributed by atoms with Crippen LogP contribution in [0.5, 0.6) is 0 Å². The number of amides is 1. The van der Waals surface area contributed by atoms with Gasteiger partial charge in [-0.25, -0.2) is 0 Å². The summed E-state index contributed by atoms with van der Waals surface area (Å²) in [7, 11) is 0. The first kappa shape index (κ1) is 11.8. The summed E-state index contributed by atoms with van der Waals surface area (Å²) in [5.74, 6) is 1.06. The van der Waals surface area contributed by atoms with Gasteiger partial charge in [0.15, 0.2) is 0 Å². The lowest BCUT2D eigenvalue weighted by Gasteiger charge is -2.07. The normalized spacial score (nSPS) is 10.3. The summed E-state index contributed by atoms with van der Waals surface area (Å²) in [4.78, 5) is 11.0. The van der Waals surface area contributed by atoms with Crippen molar-refractivity contribution in [3.05, 3.63) is 0 Å². The molecule has 1 amide bonds. The van der Waals surface area contributed by atoms with Gasteiger partial charge in [0.25, 0.3) is 0 Å². The molecule has 0 aromatic heterocycles. The molecule has 72 valence electrons. The average molecular weight is 190 g/mol. The van der Waals surface area contributed by atoms with Gasteiger partial charge in [0.1, 0.15) is 0 Å². The van der Waals surface area contributed by atoms with Gasteiger partial charge in [0.05, 0.1) is 6.54 Å². The number of rotatable bonds is 6. The Kier molecular flexibility index (Phi) is 7.29. The summed E-state index contributed by atoms with van der Waals surface area (Å²) in [6.45, 7) is 5.23. The van der Waals surface area contributed by atoms with E-state index in [4.69, 9.17) is 0 Å². The van der Waals surface area contributed by atoms with Gasteiger partial charge < -0.3 is 10.6 Å². The molecule has 12 heavy (non-hydrogen) atoms. The van der Waals surface area contributed by atoms with E-state index in [0.717, 1.165) is 12.3 Å². The fourth-order valence-electron chi connectivity index (χ4n) is 0.652. The summed E-state index contributed by atoms with van der Waals surface area (Å²) >= 11 is 1.73. The highest BCUT2D eigenvalue weighted by Crippen LogP contribution is 1.86. The Morgan fingerprint density at radius 2 is 2.17 bits per heavy atom. The second-order valence-corrected chi connectivity index (χ2v) is 3.86. The molecule has 0 aromatic carbocycles. The standard InChI is InChI=1S/C8H18N2OS/c1-7(2)10-6-8(11)9-4-5-12-3/h7,10H,4-6H2,1-3H3,(H,9,11). The minimum absolute atomic E-state index is 0.0813. The Bertz CT molecular complexity index is 128. The van der Waals surface area contributed by atoms with Crippen molar-refractivity contribution in [3.63, 3.8) is 0 Å². The predicted molar refractivity (Wildman–Crippen MR) is 54.5 cm³/mol. The molecule has 0 spiro atoms. The van der Waals surface area contributed by atoms with Crippen LogP contribution in [0.1, 0.15) is 13.8 Å². The van der Waals surface area contributed by atoms with Crippen LogP contribution in [-0.2, 0) is 4.79 Å². The molecule has 3 nitrogen and oxygen atoms in total. The summed E-state index contributed by atoms with van der Waals surface area (Å²) < 4.78 is 0. The molecular formula is C8H18N2OS. The number of nitrogens with one attached hydrogen (secondary N) is 2. The van der Waals surface area contributed by atoms with E-state index in [0.29, 0.717) is 12.6 Å². The molecule has 2 N–H and O–H groups in total. The van der Waals surface area contributed by atoms with Gasteiger partial charge in [-0.3, -0.25) is 4.79 Å². The van der Waals surface area contributed by atoms with Crippen LogP contribution in [0, 0.1) is 0 Å². The molecule has 0 aliphatic carbocycles. The summed E-state index contributed by atoms with van der Waals surface area (Å²) in [6.07, 6.45) is 2.03. The Labute approximate surface area is 78.7 Å². The first-order valence-corrected chi connectivity index (χ1v) is 5.55. The third-order valence-electron chi connectivity index (χ3n) is 1.30. The Morgan fingerprint density at radius 1 is 1.50 bits per heavy atom. The van der Waals surface area contributed by atoms with Crippen molar-refractivity contribution >= 4 is 17.7 Å². The molecule has 0 aliphatic heterocycles. The number of hydrogen-bond acceptors (Lipinski definition) is 3. The van der Waals surface area contributed by atoms with Gasteiger partial charge in [0, 0.05) is 18.3 Å². The third-order valence-corrected chi connectivity index (χ3v) is 1.91. The van der Waals surface area contributed by atoms with Crippen molar-refractivity contribution in [2.45, 2.75) is 19.9 Å². The maximum atomic E-state index is 11.0. The number of thioether (sulfide) groups is 1. The van der Waals surface area contributed by atoms with Crippen LogP contribution < -0.4 is 10.6 Å². The zero-order valence-corrected chi connectivity index (χ0v) is 8.83. The van der Waals surface area contributed by atoms with Crippen molar-refractivity contribution < 1.29 is 4.79 Å². The largest absolute Gasteiger partial charge is 0.354 e. The van der Waals surface area contributed by atoms with Gasteiger partial charge in [-0.2, -0.15) is 11.8 Å². The number of carbonyl (C=O) groups excluding carboxylic acids is 1. The highest BCUT2D eigenvalue weighted by atomic mass is 32.2. The molecule has 0 rings (SSSR count). The minimum Gasteiger partial charge on any atom is -0.354 e. The first-order valence-electron chi connectivity index (χ1n) is 4.16. The highest BCUT2D eigenvalue weighted by Gasteiger charge is 1.99. The molecule has 0 atom stereocenters. The van der Waals surface area contributed by atoms with Crippen molar-refractivity contribution in [3.8, 4) is 0 Å². The van der Waals surface area contributed by atoms with E-state index in [-0.39, 0.29) is 5.91 Å². The molecule has 4 heteroatoms. The zero-order chi connectivity index (χ0) is 9.40. The Morgan fingerprint density at radius 3 is 2.67 bits per heavy atom. The van der Waals surface area contributed by atoms with Crippen LogP contribution in [0.25, 0.3) is 0 Å². The van der Waals surface area contributed by atoms with E-state index < -0.39 is 0 Å². The smallest absolute Gasteiger partial charge is 0.233 e. The van der Waals surface area contributed by atoms with E-state index in [2.05, 4.69) is 10.6 Å². The maximum Gasteiger partial charge on any atom is 0.233 e. The Balaban J connectivity index is 3.22. The van der Waals surface area contributed by atoms with Crippen LogP contribution in [0.4, 0.5) is 0 Å². The highest BCUT2D eigenvalue weighted by molar-refractivity contribution is 7.98. The van der Waals surface area contributed by atoms with Gasteiger partial charge >= 0.3 is 0 Å². The van der Waals surface area contributed by atoms with Crippen molar-refractivity contribution in [2.75, 3.05) is 25.1 Å². The molecule has 0 aliphatic rings. The maximum absolute atomic E-state index is 11.0. The van der Waals surface area contributed by atoms with Crippen LogP contribution >= 0.6 is 11.8 Å². The van der Waals surface area contributed by atoms with Crippen molar-refractivity contribution in [1.82, 2.24) is 10.6 Å². The minimum atomic E-state index is 0.0813. The fourth-order valence-corrected chi connectivity index (χ4v) is 0.958. The summed E-state index contributed by atoms with van der Waals surface area (Å²) in [6, 6.07) is 0.372.